The number of imidazole rings is 1. The molecule has 0 unspecified atom stereocenters. The third-order valence-electron chi connectivity index (χ3n) is 4.68. The van der Waals surface area contributed by atoms with E-state index in [1.807, 2.05) is 31.0 Å². The molecule has 0 saturated heterocycles. The van der Waals surface area contributed by atoms with Crippen LogP contribution in [0.15, 0.2) is 36.8 Å². The van der Waals surface area contributed by atoms with Crippen molar-refractivity contribution in [1.82, 2.24) is 29.5 Å². The van der Waals surface area contributed by atoms with Gasteiger partial charge in [0.15, 0.2) is 11.5 Å². The number of hydrogen-bond donors (Lipinski definition) is 1. The van der Waals surface area contributed by atoms with E-state index in [1.54, 1.807) is 16.9 Å². The Hall–Kier alpha value is -3.36. The Balaban J connectivity index is 1.66. The monoisotopic (exact) mass is 411 g/mol. The standard InChI is InChI=1S/C21H29N7O2/c1-5-6-10-30-21-25-19(22)20-24-14-17(28(20)26-21)12-16-7-8-18(23-13-16)29-11-9-27(4)15(2)3/h7-8,13-14H,2,5-6,9-12H2,1,3-4H3,(H2,22,25,26). The van der Waals surface area contributed by atoms with Gasteiger partial charge >= 0.3 is 6.01 Å². The molecule has 2 N–H and O–H groups in total. The van der Waals surface area contributed by atoms with Crippen molar-refractivity contribution < 1.29 is 9.47 Å². The van der Waals surface area contributed by atoms with Crippen molar-refractivity contribution in [3.8, 4) is 11.9 Å². The lowest BCUT2D eigenvalue weighted by Gasteiger charge is -2.18. The lowest BCUT2D eigenvalue weighted by molar-refractivity contribution is 0.257. The summed E-state index contributed by atoms with van der Waals surface area (Å²) in [6, 6.07) is 4.10. The smallest absolute Gasteiger partial charge is 0.336 e. The molecule has 0 saturated carbocycles. The second kappa shape index (κ2) is 9.91. The number of nitrogens with two attached hydrogens (primary N) is 1. The van der Waals surface area contributed by atoms with E-state index < -0.39 is 0 Å². The van der Waals surface area contributed by atoms with E-state index in [-0.39, 0.29) is 6.01 Å². The summed E-state index contributed by atoms with van der Waals surface area (Å²) in [6.07, 6.45) is 6.10. The topological polar surface area (TPSA) is 104 Å². The molecule has 30 heavy (non-hydrogen) atoms. The van der Waals surface area contributed by atoms with Crippen molar-refractivity contribution in [3.63, 3.8) is 0 Å². The maximum atomic E-state index is 6.02. The number of rotatable bonds is 11. The van der Waals surface area contributed by atoms with Crippen molar-refractivity contribution in [3.05, 3.63) is 48.1 Å². The Morgan fingerprint density at radius 3 is 2.73 bits per heavy atom. The Bertz CT molecular complexity index is 985. The highest BCUT2D eigenvalue weighted by atomic mass is 16.5. The summed E-state index contributed by atoms with van der Waals surface area (Å²) in [5.41, 5.74) is 9.42. The molecule has 160 valence electrons. The van der Waals surface area contributed by atoms with Crippen molar-refractivity contribution in [2.45, 2.75) is 33.1 Å². The lowest BCUT2D eigenvalue weighted by Crippen LogP contribution is -2.22. The fourth-order valence-electron chi connectivity index (χ4n) is 2.71. The molecule has 3 rings (SSSR count). The highest BCUT2D eigenvalue weighted by Gasteiger charge is 2.12. The van der Waals surface area contributed by atoms with Gasteiger partial charge in [-0.15, -0.1) is 5.10 Å². The van der Waals surface area contributed by atoms with Crippen molar-refractivity contribution in [2.75, 3.05) is 32.5 Å². The maximum absolute atomic E-state index is 6.02. The molecule has 0 aliphatic carbocycles. The fraction of sp³-hybridized carbons (Fsp3) is 0.429. The first-order valence-corrected chi connectivity index (χ1v) is 10.0. The van der Waals surface area contributed by atoms with Crippen LogP contribution in [0.2, 0.25) is 0 Å². The number of unbranched alkanes of at least 4 members (excludes halogenated alkanes) is 1. The molecular weight excluding hydrogens is 382 g/mol. The second-order valence-electron chi connectivity index (χ2n) is 7.15. The van der Waals surface area contributed by atoms with Gasteiger partial charge in [0.2, 0.25) is 5.88 Å². The normalized spacial score (nSPS) is 10.9. The van der Waals surface area contributed by atoms with Gasteiger partial charge in [0.25, 0.3) is 0 Å². The molecule has 0 aromatic carbocycles. The number of ether oxygens (including phenoxy) is 2. The van der Waals surface area contributed by atoms with Crippen molar-refractivity contribution >= 4 is 11.5 Å². The number of likely N-dealkylation sites (N-methyl/N-ethyl adjacent to an activating group) is 1. The van der Waals surface area contributed by atoms with Gasteiger partial charge in [-0.1, -0.05) is 26.0 Å². The SMILES string of the molecule is C=C(C)N(C)CCOc1ccc(Cc2cnc3c(N)nc(OCCCC)nn23)cn1. The van der Waals surface area contributed by atoms with E-state index in [1.165, 1.54) is 0 Å². The maximum Gasteiger partial charge on any atom is 0.336 e. The van der Waals surface area contributed by atoms with Crippen LogP contribution in [-0.2, 0) is 6.42 Å². The van der Waals surface area contributed by atoms with E-state index in [2.05, 4.69) is 33.6 Å². The van der Waals surface area contributed by atoms with Crippen LogP contribution in [0.3, 0.4) is 0 Å². The van der Waals surface area contributed by atoms with Gasteiger partial charge in [0.1, 0.15) is 6.61 Å². The number of anilines is 1. The number of nitrogen functional groups attached to an aromatic ring is 1. The van der Waals surface area contributed by atoms with Gasteiger partial charge in [-0.05, 0) is 18.9 Å². The fourth-order valence-corrected chi connectivity index (χ4v) is 2.71. The highest BCUT2D eigenvalue weighted by molar-refractivity contribution is 5.59. The Labute approximate surface area is 176 Å². The van der Waals surface area contributed by atoms with Gasteiger partial charge in [-0.2, -0.15) is 4.98 Å². The van der Waals surface area contributed by atoms with Gasteiger partial charge in [-0.3, -0.25) is 0 Å². The Morgan fingerprint density at radius 2 is 2.03 bits per heavy atom. The van der Waals surface area contributed by atoms with E-state index in [4.69, 9.17) is 15.2 Å². The van der Waals surface area contributed by atoms with E-state index in [0.29, 0.717) is 37.0 Å². The number of nitrogens with zero attached hydrogens (tertiary/aromatic N) is 6. The molecule has 0 aliphatic rings. The van der Waals surface area contributed by atoms with E-state index >= 15 is 0 Å². The van der Waals surface area contributed by atoms with Crippen molar-refractivity contribution in [1.29, 1.82) is 0 Å². The van der Waals surface area contributed by atoms with Gasteiger partial charge in [-0.25, -0.2) is 14.5 Å². The second-order valence-corrected chi connectivity index (χ2v) is 7.15. The van der Waals surface area contributed by atoms with Gasteiger partial charge in [0, 0.05) is 31.4 Å². The van der Waals surface area contributed by atoms with Crippen molar-refractivity contribution in [2.24, 2.45) is 0 Å². The summed E-state index contributed by atoms with van der Waals surface area (Å²) >= 11 is 0. The zero-order valence-corrected chi connectivity index (χ0v) is 17.8. The van der Waals surface area contributed by atoms with Crippen LogP contribution in [0, 0.1) is 0 Å². The van der Waals surface area contributed by atoms with Crippen LogP contribution in [0.5, 0.6) is 11.9 Å². The van der Waals surface area contributed by atoms with Gasteiger partial charge < -0.3 is 20.1 Å². The molecule has 0 aliphatic heterocycles. The summed E-state index contributed by atoms with van der Waals surface area (Å²) in [5.74, 6) is 0.884. The number of allylic oxidation sites excluding steroid dienone is 1. The number of fused-ring (bicyclic) bond motifs is 1. The minimum atomic E-state index is 0.259. The minimum Gasteiger partial charge on any atom is -0.476 e. The van der Waals surface area contributed by atoms with Crippen LogP contribution in [0.1, 0.15) is 37.9 Å². The van der Waals surface area contributed by atoms with Crippen LogP contribution in [0.4, 0.5) is 5.82 Å². The molecule has 0 amide bonds. The molecular formula is C21H29N7O2. The lowest BCUT2D eigenvalue weighted by atomic mass is 10.2. The zero-order valence-electron chi connectivity index (χ0n) is 17.8. The average molecular weight is 412 g/mol. The summed E-state index contributed by atoms with van der Waals surface area (Å²) in [7, 11) is 1.98. The molecule has 9 nitrogen and oxygen atoms in total. The van der Waals surface area contributed by atoms with Crippen LogP contribution in [0.25, 0.3) is 5.65 Å². The summed E-state index contributed by atoms with van der Waals surface area (Å²) < 4.78 is 13.0. The molecule has 0 fully saturated rings. The summed E-state index contributed by atoms with van der Waals surface area (Å²) in [6.45, 7) is 9.81. The van der Waals surface area contributed by atoms with Gasteiger partial charge in [0.05, 0.1) is 25.0 Å². The molecule has 3 aromatic rings. The predicted molar refractivity (Wildman–Crippen MR) is 116 cm³/mol. The number of hydrogen-bond acceptors (Lipinski definition) is 8. The highest BCUT2D eigenvalue weighted by Crippen LogP contribution is 2.18. The molecule has 0 bridgehead atoms. The predicted octanol–water partition coefficient (Wildman–Crippen LogP) is 2.72. The molecule has 0 spiro atoms. The number of aromatic nitrogens is 5. The third-order valence-corrected chi connectivity index (χ3v) is 4.68. The van der Waals surface area contributed by atoms with E-state index in [9.17, 15) is 0 Å². The average Bonchev–Trinajstić information content (AvgIpc) is 3.12. The van der Waals surface area contributed by atoms with E-state index in [0.717, 1.165) is 36.3 Å². The quantitative estimate of drug-likeness (QED) is 0.480. The number of pyridine rings is 1. The third kappa shape index (κ3) is 5.37. The minimum absolute atomic E-state index is 0.259. The summed E-state index contributed by atoms with van der Waals surface area (Å²) in [4.78, 5) is 14.9. The molecule has 3 aromatic heterocycles. The first-order chi connectivity index (χ1) is 14.5. The van der Waals surface area contributed by atoms with Crippen LogP contribution >= 0.6 is 0 Å². The van der Waals surface area contributed by atoms with Crippen LogP contribution < -0.4 is 15.2 Å². The first kappa shape index (κ1) is 21.4. The molecule has 0 radical (unpaired) electrons. The summed E-state index contributed by atoms with van der Waals surface area (Å²) in [5, 5.41) is 4.44. The first-order valence-electron chi connectivity index (χ1n) is 10.0. The van der Waals surface area contributed by atoms with Crippen LogP contribution in [-0.4, -0.2) is 56.3 Å². The Kier molecular flexibility index (Phi) is 7.05. The Morgan fingerprint density at radius 1 is 1.20 bits per heavy atom. The zero-order chi connectivity index (χ0) is 21.5. The molecule has 3 heterocycles. The largest absolute Gasteiger partial charge is 0.476 e. The molecule has 0 atom stereocenters. The molecule has 9 heteroatoms.